The summed E-state index contributed by atoms with van der Waals surface area (Å²) in [5, 5.41) is 0. The van der Waals surface area contributed by atoms with Crippen molar-refractivity contribution in [2.45, 2.75) is 32.2 Å². The Morgan fingerprint density at radius 2 is 1.78 bits per heavy atom. The quantitative estimate of drug-likeness (QED) is 0.742. The van der Waals surface area contributed by atoms with Crippen LogP contribution in [-0.4, -0.2) is 31.6 Å². The minimum atomic E-state index is -4.73. The van der Waals surface area contributed by atoms with Gasteiger partial charge in [-0.05, 0) is 50.6 Å². The first-order valence-electron chi connectivity index (χ1n) is 8.92. The van der Waals surface area contributed by atoms with Gasteiger partial charge in [-0.15, -0.1) is 13.2 Å². The van der Waals surface area contributed by atoms with Crippen molar-refractivity contribution in [3.63, 3.8) is 0 Å². The topological polar surface area (TPSA) is 24.9 Å². The van der Waals surface area contributed by atoms with Crippen molar-refractivity contribution in [3.8, 4) is 11.5 Å². The van der Waals surface area contributed by atoms with Gasteiger partial charge in [-0.1, -0.05) is 6.07 Å². The molecular formula is C20H21F3N2O2. The summed E-state index contributed by atoms with van der Waals surface area (Å²) in [5.41, 5.74) is 2.31. The third-order valence-electron chi connectivity index (χ3n) is 4.74. The average Bonchev–Trinajstić information content (AvgIpc) is 2.50. The van der Waals surface area contributed by atoms with Crippen LogP contribution in [0.4, 0.5) is 30.2 Å². The molecule has 0 N–H and O–H groups in total. The Bertz CT molecular complexity index is 847. The molecule has 0 bridgehead atoms. The van der Waals surface area contributed by atoms with E-state index in [1.807, 2.05) is 26.0 Å². The van der Waals surface area contributed by atoms with E-state index < -0.39 is 12.0 Å². The molecule has 144 valence electrons. The molecule has 27 heavy (non-hydrogen) atoms. The van der Waals surface area contributed by atoms with Crippen molar-refractivity contribution in [2.24, 2.45) is 0 Å². The lowest BCUT2D eigenvalue weighted by Gasteiger charge is -2.41. The molecule has 2 aromatic rings. The van der Waals surface area contributed by atoms with E-state index >= 15 is 0 Å². The minimum absolute atomic E-state index is 0.284. The monoisotopic (exact) mass is 378 g/mol. The van der Waals surface area contributed by atoms with E-state index in [0.717, 1.165) is 30.2 Å². The molecular weight excluding hydrogens is 357 g/mol. The highest BCUT2D eigenvalue weighted by Gasteiger charge is 2.35. The standard InChI is InChI=1S/C20H21F3N2O2/c1-19(2)13-25(15-6-3-5-14(11-15)24-9-4-10-24)17-8-7-16(12-18(17)27-19)26-20(21,22)23/h3,5-8,11-12H,4,9-10,13H2,1-2H3. The van der Waals surface area contributed by atoms with Gasteiger partial charge in [0.05, 0.1) is 12.2 Å². The molecule has 0 atom stereocenters. The Morgan fingerprint density at radius 1 is 1.04 bits per heavy atom. The lowest BCUT2D eigenvalue weighted by molar-refractivity contribution is -0.274. The summed E-state index contributed by atoms with van der Waals surface area (Å²) in [6.07, 6.45) is -3.54. The van der Waals surface area contributed by atoms with E-state index in [2.05, 4.69) is 26.7 Å². The number of hydrogen-bond acceptors (Lipinski definition) is 4. The Labute approximate surface area is 156 Å². The lowest BCUT2D eigenvalue weighted by atomic mass is 10.0. The van der Waals surface area contributed by atoms with Crippen LogP contribution in [0, 0.1) is 0 Å². The second-order valence-corrected chi connectivity index (χ2v) is 7.49. The van der Waals surface area contributed by atoms with Gasteiger partial charge < -0.3 is 19.3 Å². The van der Waals surface area contributed by atoms with Crippen LogP contribution in [0.25, 0.3) is 0 Å². The first kappa shape index (κ1) is 17.8. The van der Waals surface area contributed by atoms with Crippen molar-refractivity contribution in [3.05, 3.63) is 42.5 Å². The fraction of sp³-hybridized carbons (Fsp3) is 0.400. The third kappa shape index (κ3) is 3.77. The van der Waals surface area contributed by atoms with Crippen LogP contribution in [0.5, 0.6) is 11.5 Å². The summed E-state index contributed by atoms with van der Waals surface area (Å²) in [4.78, 5) is 4.38. The molecule has 0 aliphatic carbocycles. The van der Waals surface area contributed by atoms with Crippen molar-refractivity contribution in [1.82, 2.24) is 0 Å². The largest absolute Gasteiger partial charge is 0.573 e. The summed E-state index contributed by atoms with van der Waals surface area (Å²) in [5.74, 6) is 0.0931. The van der Waals surface area contributed by atoms with Gasteiger partial charge in [0, 0.05) is 30.5 Å². The highest BCUT2D eigenvalue weighted by atomic mass is 19.4. The molecule has 2 aliphatic rings. The Morgan fingerprint density at radius 3 is 2.44 bits per heavy atom. The Hall–Kier alpha value is -2.57. The predicted molar refractivity (Wildman–Crippen MR) is 98.1 cm³/mol. The number of anilines is 3. The first-order valence-corrected chi connectivity index (χ1v) is 8.92. The summed E-state index contributed by atoms with van der Waals surface area (Å²) in [6, 6.07) is 12.4. The highest BCUT2D eigenvalue weighted by Crippen LogP contribution is 2.44. The van der Waals surface area contributed by atoms with E-state index in [1.165, 1.54) is 18.6 Å². The number of alkyl halides is 3. The molecule has 7 heteroatoms. The van der Waals surface area contributed by atoms with Crippen molar-refractivity contribution >= 4 is 17.1 Å². The van der Waals surface area contributed by atoms with E-state index in [9.17, 15) is 13.2 Å². The first-order chi connectivity index (χ1) is 12.7. The van der Waals surface area contributed by atoms with Gasteiger partial charge in [-0.3, -0.25) is 0 Å². The molecule has 0 amide bonds. The molecule has 0 spiro atoms. The van der Waals surface area contributed by atoms with E-state index in [-0.39, 0.29) is 5.75 Å². The van der Waals surface area contributed by atoms with E-state index in [1.54, 1.807) is 6.07 Å². The number of fused-ring (bicyclic) bond motifs is 1. The fourth-order valence-electron chi connectivity index (χ4n) is 3.45. The smallest absolute Gasteiger partial charge is 0.484 e. The molecule has 1 fully saturated rings. The van der Waals surface area contributed by atoms with Crippen molar-refractivity contribution in [1.29, 1.82) is 0 Å². The zero-order chi connectivity index (χ0) is 19.2. The molecule has 2 heterocycles. The van der Waals surface area contributed by atoms with Crippen LogP contribution in [0.3, 0.4) is 0 Å². The van der Waals surface area contributed by atoms with Crippen molar-refractivity contribution < 1.29 is 22.6 Å². The number of ether oxygens (including phenoxy) is 2. The summed E-state index contributed by atoms with van der Waals surface area (Å²) >= 11 is 0. The zero-order valence-electron chi connectivity index (χ0n) is 15.2. The maximum atomic E-state index is 12.5. The van der Waals surface area contributed by atoms with Crippen LogP contribution in [0.15, 0.2) is 42.5 Å². The molecule has 4 rings (SSSR count). The van der Waals surface area contributed by atoms with Crippen LogP contribution >= 0.6 is 0 Å². The van der Waals surface area contributed by atoms with Crippen LogP contribution in [0.1, 0.15) is 20.3 Å². The van der Waals surface area contributed by atoms with Crippen LogP contribution in [0.2, 0.25) is 0 Å². The predicted octanol–water partition coefficient (Wildman–Crippen LogP) is 5.10. The van der Waals surface area contributed by atoms with Crippen LogP contribution < -0.4 is 19.3 Å². The number of nitrogens with zero attached hydrogens (tertiary/aromatic N) is 2. The zero-order valence-corrected chi connectivity index (χ0v) is 15.2. The van der Waals surface area contributed by atoms with Gasteiger partial charge in [0.25, 0.3) is 0 Å². The summed E-state index contributed by atoms with van der Waals surface area (Å²) in [7, 11) is 0. The lowest BCUT2D eigenvalue weighted by Crippen LogP contribution is -2.45. The molecule has 4 nitrogen and oxygen atoms in total. The average molecular weight is 378 g/mol. The van der Waals surface area contributed by atoms with Gasteiger partial charge in [-0.2, -0.15) is 0 Å². The molecule has 0 unspecified atom stereocenters. The summed E-state index contributed by atoms with van der Waals surface area (Å²) in [6.45, 7) is 6.52. The van der Waals surface area contributed by atoms with Crippen molar-refractivity contribution in [2.75, 3.05) is 29.4 Å². The SMILES string of the molecule is CC1(C)CN(c2cccc(N3CCC3)c2)c2ccc(OC(F)(F)F)cc2O1. The number of benzene rings is 2. The fourth-order valence-corrected chi connectivity index (χ4v) is 3.45. The minimum Gasteiger partial charge on any atom is -0.484 e. The molecule has 2 aromatic carbocycles. The van der Waals surface area contributed by atoms with E-state index in [0.29, 0.717) is 12.3 Å². The molecule has 0 aromatic heterocycles. The van der Waals surface area contributed by atoms with Gasteiger partial charge in [0.15, 0.2) is 0 Å². The number of rotatable bonds is 3. The Balaban J connectivity index is 1.70. The van der Waals surface area contributed by atoms with E-state index in [4.69, 9.17) is 4.74 Å². The van der Waals surface area contributed by atoms with Gasteiger partial charge in [-0.25, -0.2) is 0 Å². The summed E-state index contributed by atoms with van der Waals surface area (Å²) < 4.78 is 47.6. The second kappa shape index (κ2) is 6.25. The number of hydrogen-bond donors (Lipinski definition) is 0. The second-order valence-electron chi connectivity index (χ2n) is 7.49. The molecule has 0 radical (unpaired) electrons. The normalized spacial score (nSPS) is 18.4. The maximum absolute atomic E-state index is 12.5. The molecule has 2 aliphatic heterocycles. The number of halogens is 3. The van der Waals surface area contributed by atoms with Gasteiger partial charge in [0.1, 0.15) is 17.1 Å². The molecule has 1 saturated heterocycles. The van der Waals surface area contributed by atoms with Crippen LogP contribution in [-0.2, 0) is 0 Å². The molecule has 0 saturated carbocycles. The van der Waals surface area contributed by atoms with Gasteiger partial charge in [0.2, 0.25) is 0 Å². The Kier molecular flexibility index (Phi) is 4.13. The highest BCUT2D eigenvalue weighted by molar-refractivity contribution is 5.74. The third-order valence-corrected chi connectivity index (χ3v) is 4.74. The maximum Gasteiger partial charge on any atom is 0.573 e. The van der Waals surface area contributed by atoms with Gasteiger partial charge >= 0.3 is 6.36 Å².